The Balaban J connectivity index is 1.05. The summed E-state index contributed by atoms with van der Waals surface area (Å²) in [5.74, 6) is 0. The molecule has 0 aliphatic rings. The number of hydrogen-bond acceptors (Lipinski definition) is 4. The Morgan fingerprint density at radius 2 is 0.797 bits per heavy atom. The van der Waals surface area contributed by atoms with Crippen LogP contribution >= 0.6 is 0 Å². The normalized spacial score (nSPS) is 11.8. The van der Waals surface area contributed by atoms with E-state index in [0.717, 1.165) is 122 Å². The zero-order chi connectivity index (χ0) is 42.1. The molecule has 0 fully saturated rings. The van der Waals surface area contributed by atoms with Crippen LogP contribution in [-0.2, 0) is 0 Å². The highest BCUT2D eigenvalue weighted by Crippen LogP contribution is 2.50. The van der Waals surface area contributed by atoms with Crippen molar-refractivity contribution >= 4 is 82.9 Å². The largest absolute Gasteiger partial charge is 0.456 e. The quantitative estimate of drug-likeness (QED) is 0.161. The molecule has 13 rings (SSSR count). The molecule has 64 heavy (non-hydrogen) atoms. The average Bonchev–Trinajstić information content (AvgIpc) is 4.06. The van der Waals surface area contributed by atoms with Crippen LogP contribution in [0.15, 0.2) is 238 Å². The first-order valence-electron chi connectivity index (χ1n) is 21.7. The van der Waals surface area contributed by atoms with Gasteiger partial charge in [-0.05, 0) is 88.0 Å². The fraction of sp³-hybridized carbons (Fsp3) is 0. The molecule has 0 aliphatic heterocycles. The van der Waals surface area contributed by atoms with Gasteiger partial charge in [0.05, 0.1) is 11.1 Å². The van der Waals surface area contributed by atoms with Crippen molar-refractivity contribution in [3.8, 4) is 44.5 Å². The minimum Gasteiger partial charge on any atom is -0.456 e. The standard InChI is InChI=1S/C60H37NO3/c1-3-15-38(16-4-1)39-29-33-42(34-30-39)61(43-35-31-41(32-36-43)45-23-13-24-48-46-20-9-11-26-52(46)63-59(45)48)51-25-14-28-54-56(51)50-37-55-57(49-22-10-12-27-53(49)62-55)58(60(50)64-54)47-21-8-7-19-44(47)40-17-5-2-6-18-40/h1-37H. The Kier molecular flexibility index (Phi) is 8.18. The van der Waals surface area contributed by atoms with Gasteiger partial charge in [0.1, 0.15) is 33.5 Å². The van der Waals surface area contributed by atoms with Crippen LogP contribution in [-0.4, -0.2) is 0 Å². The van der Waals surface area contributed by atoms with E-state index in [1.807, 2.05) is 24.3 Å². The first kappa shape index (κ1) is 36.1. The second kappa shape index (κ2) is 14.5. The summed E-state index contributed by atoms with van der Waals surface area (Å²) in [7, 11) is 0. The van der Waals surface area contributed by atoms with E-state index in [1.165, 1.54) is 5.56 Å². The maximum atomic E-state index is 7.16. The van der Waals surface area contributed by atoms with Crippen molar-refractivity contribution in [3.63, 3.8) is 0 Å². The number of furan rings is 3. The number of fused-ring (bicyclic) bond motifs is 9. The number of nitrogens with zero attached hydrogens (tertiary/aromatic N) is 1. The number of para-hydroxylation sites is 3. The first-order chi connectivity index (χ1) is 31.7. The van der Waals surface area contributed by atoms with Crippen LogP contribution in [0.25, 0.3) is 110 Å². The molecule has 300 valence electrons. The fourth-order valence-electron chi connectivity index (χ4n) is 9.78. The molecule has 0 amide bonds. The second-order valence-electron chi connectivity index (χ2n) is 16.3. The van der Waals surface area contributed by atoms with E-state index < -0.39 is 0 Å². The van der Waals surface area contributed by atoms with Crippen molar-refractivity contribution in [1.29, 1.82) is 0 Å². The van der Waals surface area contributed by atoms with E-state index >= 15 is 0 Å². The van der Waals surface area contributed by atoms with Crippen LogP contribution in [0, 0.1) is 0 Å². The fourth-order valence-corrected chi connectivity index (χ4v) is 9.78. The van der Waals surface area contributed by atoms with Gasteiger partial charge < -0.3 is 18.2 Å². The molecule has 10 aromatic carbocycles. The highest BCUT2D eigenvalue weighted by Gasteiger charge is 2.26. The van der Waals surface area contributed by atoms with Crippen LogP contribution < -0.4 is 4.90 Å². The molecule has 4 heteroatoms. The highest BCUT2D eigenvalue weighted by atomic mass is 16.3. The van der Waals surface area contributed by atoms with Crippen molar-refractivity contribution in [2.24, 2.45) is 0 Å². The summed E-state index contributed by atoms with van der Waals surface area (Å²) in [5, 5.41) is 6.30. The molecule has 0 saturated carbocycles. The highest BCUT2D eigenvalue weighted by molar-refractivity contribution is 6.26. The van der Waals surface area contributed by atoms with Crippen molar-refractivity contribution in [2.75, 3.05) is 4.90 Å². The SMILES string of the molecule is c1ccc(-c2ccc(N(c3ccc(-c4cccc5c4oc4ccccc45)cc3)c3cccc4oc5c(-c6ccccc6-c6ccccc6)c6c(cc5c34)oc3ccccc36)cc2)cc1. The summed E-state index contributed by atoms with van der Waals surface area (Å²) in [6, 6.07) is 78.9. The Morgan fingerprint density at radius 3 is 1.55 bits per heavy atom. The van der Waals surface area contributed by atoms with Crippen LogP contribution in [0.1, 0.15) is 0 Å². The van der Waals surface area contributed by atoms with E-state index in [2.05, 4.69) is 205 Å². The Morgan fingerprint density at radius 1 is 0.281 bits per heavy atom. The molecule has 13 aromatic rings. The zero-order valence-corrected chi connectivity index (χ0v) is 34.5. The molecule has 0 aliphatic carbocycles. The molecule has 0 spiro atoms. The lowest BCUT2D eigenvalue weighted by molar-refractivity contribution is 0.664. The van der Waals surface area contributed by atoms with Gasteiger partial charge in [-0.25, -0.2) is 0 Å². The van der Waals surface area contributed by atoms with Crippen LogP contribution in [0.4, 0.5) is 17.1 Å². The maximum Gasteiger partial charge on any atom is 0.144 e. The zero-order valence-electron chi connectivity index (χ0n) is 34.5. The third kappa shape index (κ3) is 5.70. The number of anilines is 3. The summed E-state index contributed by atoms with van der Waals surface area (Å²) in [5.41, 5.74) is 16.9. The summed E-state index contributed by atoms with van der Waals surface area (Å²) >= 11 is 0. The van der Waals surface area contributed by atoms with Gasteiger partial charge in [-0.1, -0.05) is 170 Å². The topological polar surface area (TPSA) is 42.7 Å². The summed E-state index contributed by atoms with van der Waals surface area (Å²) < 4.78 is 20.4. The van der Waals surface area contributed by atoms with Gasteiger partial charge in [-0.2, -0.15) is 0 Å². The van der Waals surface area contributed by atoms with Gasteiger partial charge >= 0.3 is 0 Å². The lowest BCUT2D eigenvalue weighted by atomic mass is 9.90. The molecule has 4 nitrogen and oxygen atoms in total. The predicted octanol–water partition coefficient (Wildman–Crippen LogP) is 17.5. The molecule has 0 atom stereocenters. The van der Waals surface area contributed by atoms with E-state index in [9.17, 15) is 0 Å². The molecular weight excluding hydrogens is 783 g/mol. The summed E-state index contributed by atoms with van der Waals surface area (Å²) in [6.45, 7) is 0. The van der Waals surface area contributed by atoms with E-state index in [0.29, 0.717) is 0 Å². The molecule has 0 bridgehead atoms. The molecule has 0 unspecified atom stereocenters. The summed E-state index contributed by atoms with van der Waals surface area (Å²) in [4.78, 5) is 2.35. The minimum absolute atomic E-state index is 0.794. The Bertz CT molecular complexity index is 3880. The Hall–Kier alpha value is -8.60. The number of benzene rings is 10. The Labute approximate surface area is 368 Å². The van der Waals surface area contributed by atoms with Crippen LogP contribution in [0.2, 0.25) is 0 Å². The third-order valence-corrected chi connectivity index (χ3v) is 12.7. The molecule has 3 heterocycles. The summed E-state index contributed by atoms with van der Waals surface area (Å²) in [6.07, 6.45) is 0. The van der Waals surface area contributed by atoms with Crippen LogP contribution in [0.3, 0.4) is 0 Å². The monoisotopic (exact) mass is 819 g/mol. The molecule has 0 radical (unpaired) electrons. The molecule has 3 aromatic heterocycles. The lowest BCUT2D eigenvalue weighted by Gasteiger charge is -2.26. The van der Waals surface area contributed by atoms with E-state index in [1.54, 1.807) is 0 Å². The van der Waals surface area contributed by atoms with E-state index in [-0.39, 0.29) is 0 Å². The van der Waals surface area contributed by atoms with Crippen molar-refractivity contribution in [2.45, 2.75) is 0 Å². The number of rotatable bonds is 7. The minimum atomic E-state index is 0.794. The lowest BCUT2D eigenvalue weighted by Crippen LogP contribution is -2.10. The maximum absolute atomic E-state index is 7.16. The molecule has 0 saturated heterocycles. The van der Waals surface area contributed by atoms with Gasteiger partial charge in [0, 0.05) is 49.4 Å². The van der Waals surface area contributed by atoms with Crippen molar-refractivity contribution in [1.82, 2.24) is 0 Å². The van der Waals surface area contributed by atoms with Crippen molar-refractivity contribution in [3.05, 3.63) is 224 Å². The predicted molar refractivity (Wildman–Crippen MR) is 265 cm³/mol. The van der Waals surface area contributed by atoms with Gasteiger partial charge in [0.2, 0.25) is 0 Å². The second-order valence-corrected chi connectivity index (χ2v) is 16.3. The van der Waals surface area contributed by atoms with Crippen molar-refractivity contribution < 1.29 is 13.3 Å². The third-order valence-electron chi connectivity index (χ3n) is 12.7. The van der Waals surface area contributed by atoms with Gasteiger partial charge in [-0.15, -0.1) is 0 Å². The average molecular weight is 820 g/mol. The van der Waals surface area contributed by atoms with Gasteiger partial charge in [0.15, 0.2) is 0 Å². The number of hydrogen-bond donors (Lipinski definition) is 0. The van der Waals surface area contributed by atoms with Crippen LogP contribution in [0.5, 0.6) is 0 Å². The molecular formula is C60H37NO3. The molecule has 0 N–H and O–H groups in total. The van der Waals surface area contributed by atoms with Gasteiger partial charge in [-0.3, -0.25) is 0 Å². The van der Waals surface area contributed by atoms with Gasteiger partial charge in [0.25, 0.3) is 0 Å². The smallest absolute Gasteiger partial charge is 0.144 e. The first-order valence-corrected chi connectivity index (χ1v) is 21.7. The van der Waals surface area contributed by atoms with E-state index in [4.69, 9.17) is 13.3 Å².